The first kappa shape index (κ1) is 11.4. The summed E-state index contributed by atoms with van der Waals surface area (Å²) in [5, 5.41) is 3.00. The van der Waals surface area contributed by atoms with E-state index in [2.05, 4.69) is 5.32 Å². The largest absolute Gasteiger partial charge is 0.337 e. The van der Waals surface area contributed by atoms with Crippen LogP contribution in [0.3, 0.4) is 0 Å². The molecule has 0 radical (unpaired) electrons. The number of likely N-dealkylation sites (tertiary alicyclic amines) is 1. The second-order valence-corrected chi connectivity index (χ2v) is 3.65. The summed E-state index contributed by atoms with van der Waals surface area (Å²) in [6.07, 6.45) is -1.03. The van der Waals surface area contributed by atoms with Crippen molar-refractivity contribution in [2.24, 2.45) is 5.92 Å². The van der Waals surface area contributed by atoms with Crippen LogP contribution in [-0.4, -0.2) is 43.9 Å². The fourth-order valence-corrected chi connectivity index (χ4v) is 1.86. The van der Waals surface area contributed by atoms with E-state index in [1.54, 1.807) is 0 Å². The summed E-state index contributed by atoms with van der Waals surface area (Å²) in [6, 6.07) is 0. The standard InChI is InChI=1S/C9H16F2N2O/c1-12-5-7-3-2-4-13(6-7)9(14)8(10)11/h7-8,12H,2-6H2,1H3. The number of hydrogen-bond donors (Lipinski definition) is 1. The van der Waals surface area contributed by atoms with Crippen LogP contribution in [0.25, 0.3) is 0 Å². The predicted molar refractivity (Wildman–Crippen MR) is 49.2 cm³/mol. The number of nitrogens with one attached hydrogen (secondary N) is 1. The molecule has 1 saturated heterocycles. The van der Waals surface area contributed by atoms with E-state index in [1.165, 1.54) is 4.90 Å². The van der Waals surface area contributed by atoms with Crippen LogP contribution in [0.5, 0.6) is 0 Å². The van der Waals surface area contributed by atoms with Gasteiger partial charge in [-0.25, -0.2) is 0 Å². The number of carbonyl (C=O) groups is 1. The Hall–Kier alpha value is -0.710. The second kappa shape index (κ2) is 5.24. The summed E-state index contributed by atoms with van der Waals surface area (Å²) in [5.41, 5.74) is 0. The molecule has 1 aliphatic heterocycles. The highest BCUT2D eigenvalue weighted by atomic mass is 19.3. The molecule has 1 N–H and O–H groups in total. The first-order valence-corrected chi connectivity index (χ1v) is 4.86. The Morgan fingerprint density at radius 2 is 2.36 bits per heavy atom. The molecule has 1 atom stereocenters. The summed E-state index contributed by atoms with van der Waals surface area (Å²) in [7, 11) is 1.83. The smallest absolute Gasteiger partial charge is 0.315 e. The van der Waals surface area contributed by atoms with E-state index in [9.17, 15) is 13.6 Å². The third-order valence-corrected chi connectivity index (χ3v) is 2.51. The zero-order valence-electron chi connectivity index (χ0n) is 8.30. The first-order valence-electron chi connectivity index (χ1n) is 4.86. The van der Waals surface area contributed by atoms with E-state index in [1.807, 2.05) is 7.05 Å². The molecule has 1 amide bonds. The van der Waals surface area contributed by atoms with Crippen molar-refractivity contribution in [1.82, 2.24) is 10.2 Å². The summed E-state index contributed by atoms with van der Waals surface area (Å²) >= 11 is 0. The van der Waals surface area contributed by atoms with Gasteiger partial charge in [-0.05, 0) is 32.4 Å². The van der Waals surface area contributed by atoms with Gasteiger partial charge in [0.25, 0.3) is 5.91 Å². The Bertz CT molecular complexity index is 197. The third-order valence-electron chi connectivity index (χ3n) is 2.51. The van der Waals surface area contributed by atoms with E-state index in [0.29, 0.717) is 19.0 Å². The summed E-state index contributed by atoms with van der Waals surface area (Å²) in [4.78, 5) is 12.3. The van der Waals surface area contributed by atoms with E-state index < -0.39 is 12.3 Å². The van der Waals surface area contributed by atoms with Crippen molar-refractivity contribution in [2.45, 2.75) is 19.3 Å². The Balaban J connectivity index is 2.43. The average molecular weight is 206 g/mol. The molecule has 0 aliphatic carbocycles. The first-order chi connectivity index (χ1) is 6.65. The SMILES string of the molecule is CNCC1CCCN(C(=O)C(F)F)C1. The lowest BCUT2D eigenvalue weighted by Crippen LogP contribution is -2.44. The van der Waals surface area contributed by atoms with Gasteiger partial charge >= 0.3 is 6.43 Å². The maximum Gasteiger partial charge on any atom is 0.315 e. The van der Waals surface area contributed by atoms with Gasteiger partial charge in [-0.2, -0.15) is 8.78 Å². The number of carbonyl (C=O) groups excluding carboxylic acids is 1. The molecule has 1 unspecified atom stereocenters. The molecule has 5 heteroatoms. The highest BCUT2D eigenvalue weighted by Crippen LogP contribution is 2.17. The van der Waals surface area contributed by atoms with Gasteiger partial charge in [0.1, 0.15) is 0 Å². The molecule has 1 fully saturated rings. The van der Waals surface area contributed by atoms with Crippen LogP contribution < -0.4 is 5.32 Å². The maximum atomic E-state index is 12.1. The van der Waals surface area contributed by atoms with Crippen LogP contribution >= 0.6 is 0 Å². The Labute approximate surface area is 82.5 Å². The summed E-state index contributed by atoms with van der Waals surface area (Å²) in [5.74, 6) is -0.706. The van der Waals surface area contributed by atoms with Gasteiger partial charge < -0.3 is 10.2 Å². The molecule has 82 valence electrons. The normalized spacial score (nSPS) is 22.9. The molecule has 1 aliphatic rings. The second-order valence-electron chi connectivity index (χ2n) is 3.65. The molecule has 0 aromatic carbocycles. The van der Waals surface area contributed by atoms with E-state index >= 15 is 0 Å². The lowest BCUT2D eigenvalue weighted by molar-refractivity contribution is -0.144. The van der Waals surface area contributed by atoms with Crippen molar-refractivity contribution in [3.63, 3.8) is 0 Å². The minimum atomic E-state index is -2.86. The lowest BCUT2D eigenvalue weighted by atomic mass is 9.98. The zero-order valence-corrected chi connectivity index (χ0v) is 8.30. The monoisotopic (exact) mass is 206 g/mol. The Kier molecular flexibility index (Phi) is 4.25. The van der Waals surface area contributed by atoms with Crippen LogP contribution in [-0.2, 0) is 4.79 Å². The molecule has 0 saturated carbocycles. The van der Waals surface area contributed by atoms with Gasteiger partial charge in [-0.15, -0.1) is 0 Å². The maximum absolute atomic E-state index is 12.1. The van der Waals surface area contributed by atoms with E-state index in [4.69, 9.17) is 0 Å². The minimum Gasteiger partial charge on any atom is -0.337 e. The minimum absolute atomic E-state index is 0.316. The fraction of sp³-hybridized carbons (Fsp3) is 0.889. The molecule has 1 rings (SSSR count). The van der Waals surface area contributed by atoms with Crippen LogP contribution in [0.2, 0.25) is 0 Å². The van der Waals surface area contributed by atoms with Gasteiger partial charge in [-0.3, -0.25) is 4.79 Å². The third kappa shape index (κ3) is 2.90. The van der Waals surface area contributed by atoms with Gasteiger partial charge in [0.05, 0.1) is 0 Å². The van der Waals surface area contributed by atoms with E-state index in [0.717, 1.165) is 19.4 Å². The average Bonchev–Trinajstić information content (AvgIpc) is 2.17. The summed E-state index contributed by atoms with van der Waals surface area (Å²) < 4.78 is 24.2. The molecule has 14 heavy (non-hydrogen) atoms. The molecule has 0 bridgehead atoms. The van der Waals surface area contributed by atoms with Crippen molar-refractivity contribution in [3.8, 4) is 0 Å². The van der Waals surface area contributed by atoms with Crippen LogP contribution in [0.4, 0.5) is 8.78 Å². The molecular formula is C9H16F2N2O. The van der Waals surface area contributed by atoms with Crippen molar-refractivity contribution in [3.05, 3.63) is 0 Å². The van der Waals surface area contributed by atoms with Crippen molar-refractivity contribution in [1.29, 1.82) is 0 Å². The Morgan fingerprint density at radius 1 is 1.64 bits per heavy atom. The van der Waals surface area contributed by atoms with Gasteiger partial charge in [0.15, 0.2) is 0 Å². The topological polar surface area (TPSA) is 32.3 Å². The van der Waals surface area contributed by atoms with Crippen LogP contribution in [0.15, 0.2) is 0 Å². The summed E-state index contributed by atoms with van der Waals surface area (Å²) in [6.45, 7) is 1.72. The van der Waals surface area contributed by atoms with E-state index in [-0.39, 0.29) is 0 Å². The number of rotatable bonds is 3. The molecule has 3 nitrogen and oxygen atoms in total. The van der Waals surface area contributed by atoms with Crippen molar-refractivity contribution >= 4 is 5.91 Å². The predicted octanol–water partition coefficient (Wildman–Crippen LogP) is 0.709. The Morgan fingerprint density at radius 3 is 2.93 bits per heavy atom. The number of amides is 1. The van der Waals surface area contributed by atoms with Gasteiger partial charge in [0.2, 0.25) is 0 Å². The number of hydrogen-bond acceptors (Lipinski definition) is 2. The molecule has 0 aromatic rings. The quantitative estimate of drug-likeness (QED) is 0.737. The van der Waals surface area contributed by atoms with Gasteiger partial charge in [0, 0.05) is 13.1 Å². The highest BCUT2D eigenvalue weighted by Gasteiger charge is 2.28. The number of alkyl halides is 2. The molecule has 1 heterocycles. The van der Waals surface area contributed by atoms with Gasteiger partial charge in [-0.1, -0.05) is 0 Å². The lowest BCUT2D eigenvalue weighted by Gasteiger charge is -2.32. The van der Waals surface area contributed by atoms with Crippen LogP contribution in [0.1, 0.15) is 12.8 Å². The molecular weight excluding hydrogens is 190 g/mol. The number of nitrogens with zero attached hydrogens (tertiary/aromatic N) is 1. The highest BCUT2D eigenvalue weighted by molar-refractivity contribution is 5.79. The molecule has 0 spiro atoms. The number of piperidine rings is 1. The number of halogens is 2. The molecule has 0 aromatic heterocycles. The van der Waals surface area contributed by atoms with Crippen LogP contribution in [0, 0.1) is 5.92 Å². The van der Waals surface area contributed by atoms with Crippen molar-refractivity contribution in [2.75, 3.05) is 26.7 Å². The van der Waals surface area contributed by atoms with Crippen molar-refractivity contribution < 1.29 is 13.6 Å². The zero-order chi connectivity index (χ0) is 10.6. The fourth-order valence-electron chi connectivity index (χ4n) is 1.86.